The maximum absolute atomic E-state index is 6.28. The number of anilines is 1. The van der Waals surface area contributed by atoms with Crippen molar-refractivity contribution in [3.8, 4) is 0 Å². The highest BCUT2D eigenvalue weighted by Crippen LogP contribution is 2.35. The minimum Gasteiger partial charge on any atom is -0.381 e. The van der Waals surface area contributed by atoms with Crippen LogP contribution in [0.15, 0.2) is 18.2 Å². The van der Waals surface area contributed by atoms with Gasteiger partial charge in [-0.1, -0.05) is 44.0 Å². The van der Waals surface area contributed by atoms with Gasteiger partial charge in [0.05, 0.1) is 10.7 Å². The molecule has 0 spiro atoms. The van der Waals surface area contributed by atoms with Gasteiger partial charge in [-0.15, -0.1) is 0 Å². The normalized spacial score (nSPS) is 23.4. The molecule has 1 aliphatic carbocycles. The predicted octanol–water partition coefficient (Wildman–Crippen LogP) is 5.42. The van der Waals surface area contributed by atoms with E-state index < -0.39 is 0 Å². The largest absolute Gasteiger partial charge is 0.381 e. The van der Waals surface area contributed by atoms with E-state index in [-0.39, 0.29) is 0 Å². The molecule has 0 saturated heterocycles. The zero-order valence-corrected chi connectivity index (χ0v) is 12.5. The van der Waals surface area contributed by atoms with Gasteiger partial charge in [0.2, 0.25) is 0 Å². The predicted molar refractivity (Wildman–Crippen MR) is 80.5 cm³/mol. The lowest BCUT2D eigenvalue weighted by Gasteiger charge is -2.23. The third kappa shape index (κ3) is 3.41. The maximum Gasteiger partial charge on any atom is 0.0640 e. The Balaban J connectivity index is 2.05. The van der Waals surface area contributed by atoms with Crippen molar-refractivity contribution in [3.63, 3.8) is 0 Å². The van der Waals surface area contributed by atoms with Crippen LogP contribution in [0.2, 0.25) is 5.02 Å². The second-order valence-electron chi connectivity index (χ2n) is 6.37. The van der Waals surface area contributed by atoms with Crippen LogP contribution in [0.1, 0.15) is 51.5 Å². The first-order valence-corrected chi connectivity index (χ1v) is 7.37. The number of hydrogen-bond acceptors (Lipinski definition) is 1. The fourth-order valence-corrected chi connectivity index (χ4v) is 3.10. The fraction of sp³-hybridized carbons (Fsp3) is 0.625. The van der Waals surface area contributed by atoms with Crippen LogP contribution in [0, 0.1) is 12.3 Å². The van der Waals surface area contributed by atoms with E-state index in [1.807, 2.05) is 12.1 Å². The summed E-state index contributed by atoms with van der Waals surface area (Å²) in [6, 6.07) is 6.68. The van der Waals surface area contributed by atoms with E-state index in [9.17, 15) is 0 Å². The number of hydrogen-bond donors (Lipinski definition) is 1. The Labute approximate surface area is 116 Å². The SMILES string of the molecule is Cc1cccc(Cl)c1NC1CCCC(C)(C)CC1. The van der Waals surface area contributed by atoms with Crippen molar-refractivity contribution in [2.75, 3.05) is 5.32 Å². The lowest BCUT2D eigenvalue weighted by atomic mass is 9.85. The molecule has 2 rings (SSSR count). The van der Waals surface area contributed by atoms with Crippen LogP contribution >= 0.6 is 11.6 Å². The highest BCUT2D eigenvalue weighted by Gasteiger charge is 2.24. The van der Waals surface area contributed by atoms with Crippen LogP contribution in [0.5, 0.6) is 0 Å². The van der Waals surface area contributed by atoms with E-state index in [0.717, 1.165) is 10.7 Å². The van der Waals surface area contributed by atoms with Gasteiger partial charge in [-0.25, -0.2) is 0 Å². The zero-order valence-electron chi connectivity index (χ0n) is 11.7. The smallest absolute Gasteiger partial charge is 0.0640 e. The second-order valence-corrected chi connectivity index (χ2v) is 6.78. The first kappa shape index (κ1) is 13.7. The molecule has 1 aliphatic rings. The minimum atomic E-state index is 0.506. The van der Waals surface area contributed by atoms with Crippen molar-refractivity contribution < 1.29 is 0 Å². The summed E-state index contributed by atoms with van der Waals surface area (Å²) >= 11 is 6.28. The van der Waals surface area contributed by atoms with E-state index >= 15 is 0 Å². The van der Waals surface area contributed by atoms with Crippen molar-refractivity contribution in [2.24, 2.45) is 5.41 Å². The molecule has 1 N–H and O–H groups in total. The Bertz CT molecular complexity index is 391. The van der Waals surface area contributed by atoms with E-state index in [1.165, 1.54) is 37.7 Å². The molecule has 0 bridgehead atoms. The zero-order chi connectivity index (χ0) is 13.2. The second kappa shape index (κ2) is 5.52. The molecular weight excluding hydrogens is 242 g/mol. The first-order chi connectivity index (χ1) is 8.48. The Morgan fingerprint density at radius 3 is 2.72 bits per heavy atom. The maximum atomic E-state index is 6.28. The van der Waals surface area contributed by atoms with E-state index in [4.69, 9.17) is 11.6 Å². The van der Waals surface area contributed by atoms with E-state index in [1.54, 1.807) is 0 Å². The van der Waals surface area contributed by atoms with Gasteiger partial charge < -0.3 is 5.32 Å². The third-order valence-corrected chi connectivity index (χ3v) is 4.46. The van der Waals surface area contributed by atoms with Gasteiger partial charge in [-0.05, 0) is 49.7 Å². The van der Waals surface area contributed by atoms with E-state index in [0.29, 0.717) is 11.5 Å². The molecule has 18 heavy (non-hydrogen) atoms. The lowest BCUT2D eigenvalue weighted by Crippen LogP contribution is -2.20. The summed E-state index contributed by atoms with van der Waals surface area (Å²) in [5, 5.41) is 4.51. The van der Waals surface area contributed by atoms with Gasteiger partial charge in [-0.2, -0.15) is 0 Å². The summed E-state index contributed by atoms with van der Waals surface area (Å²) in [4.78, 5) is 0. The molecule has 1 nitrogen and oxygen atoms in total. The highest BCUT2D eigenvalue weighted by molar-refractivity contribution is 6.33. The monoisotopic (exact) mass is 265 g/mol. The van der Waals surface area contributed by atoms with Crippen molar-refractivity contribution in [3.05, 3.63) is 28.8 Å². The third-order valence-electron chi connectivity index (χ3n) is 4.15. The summed E-state index contributed by atoms with van der Waals surface area (Å²) in [6.07, 6.45) is 6.46. The highest BCUT2D eigenvalue weighted by atomic mass is 35.5. The van der Waals surface area contributed by atoms with Crippen LogP contribution in [-0.2, 0) is 0 Å². The fourth-order valence-electron chi connectivity index (χ4n) is 2.82. The van der Waals surface area contributed by atoms with Crippen molar-refractivity contribution in [2.45, 2.75) is 58.9 Å². The molecule has 1 aromatic rings. The first-order valence-electron chi connectivity index (χ1n) is 7.00. The van der Waals surface area contributed by atoms with Crippen LogP contribution in [0.4, 0.5) is 5.69 Å². The molecule has 100 valence electrons. The molecule has 1 aromatic carbocycles. The topological polar surface area (TPSA) is 12.0 Å². The van der Waals surface area contributed by atoms with Gasteiger partial charge >= 0.3 is 0 Å². The van der Waals surface area contributed by atoms with Crippen LogP contribution in [0.25, 0.3) is 0 Å². The van der Waals surface area contributed by atoms with Gasteiger partial charge in [0, 0.05) is 6.04 Å². The van der Waals surface area contributed by atoms with Crippen molar-refractivity contribution in [1.29, 1.82) is 0 Å². The summed E-state index contributed by atoms with van der Waals surface area (Å²) in [5.41, 5.74) is 2.88. The molecule has 0 amide bonds. The minimum absolute atomic E-state index is 0.506. The van der Waals surface area contributed by atoms with Gasteiger partial charge in [-0.3, -0.25) is 0 Å². The summed E-state index contributed by atoms with van der Waals surface area (Å²) in [7, 11) is 0. The van der Waals surface area contributed by atoms with Crippen molar-refractivity contribution in [1.82, 2.24) is 0 Å². The number of para-hydroxylation sites is 1. The van der Waals surface area contributed by atoms with Gasteiger partial charge in [0.25, 0.3) is 0 Å². The Morgan fingerprint density at radius 2 is 2.00 bits per heavy atom. The van der Waals surface area contributed by atoms with Gasteiger partial charge in [0.1, 0.15) is 0 Å². The molecule has 1 unspecified atom stereocenters. The standard InChI is InChI=1S/C16H24ClN/c1-12-6-4-8-14(17)15(12)18-13-7-5-10-16(2,3)11-9-13/h4,6,8,13,18H,5,7,9-11H2,1-3H3. The summed E-state index contributed by atoms with van der Waals surface area (Å²) < 4.78 is 0. The Morgan fingerprint density at radius 1 is 1.22 bits per heavy atom. The molecule has 0 aromatic heterocycles. The lowest BCUT2D eigenvalue weighted by molar-refractivity contribution is 0.313. The average Bonchev–Trinajstić information content (AvgIpc) is 2.46. The summed E-state index contributed by atoms with van der Waals surface area (Å²) in [6.45, 7) is 6.89. The summed E-state index contributed by atoms with van der Waals surface area (Å²) in [5.74, 6) is 0. The number of halogens is 1. The average molecular weight is 266 g/mol. The Kier molecular flexibility index (Phi) is 4.21. The number of aryl methyl sites for hydroxylation is 1. The number of rotatable bonds is 2. The Hall–Kier alpha value is -0.690. The molecule has 2 heteroatoms. The van der Waals surface area contributed by atoms with Crippen LogP contribution < -0.4 is 5.32 Å². The molecule has 1 saturated carbocycles. The number of benzene rings is 1. The molecule has 0 aliphatic heterocycles. The van der Waals surface area contributed by atoms with Crippen LogP contribution in [-0.4, -0.2) is 6.04 Å². The molecule has 0 radical (unpaired) electrons. The number of nitrogens with one attached hydrogen (secondary N) is 1. The van der Waals surface area contributed by atoms with Crippen LogP contribution in [0.3, 0.4) is 0 Å². The molecule has 0 heterocycles. The van der Waals surface area contributed by atoms with Gasteiger partial charge in [0.15, 0.2) is 0 Å². The molecular formula is C16H24ClN. The quantitative estimate of drug-likeness (QED) is 0.704. The molecule has 1 fully saturated rings. The van der Waals surface area contributed by atoms with E-state index in [2.05, 4.69) is 32.2 Å². The van der Waals surface area contributed by atoms with Crippen molar-refractivity contribution >= 4 is 17.3 Å². The molecule has 1 atom stereocenters.